The maximum atomic E-state index is 11.9. The first-order valence-corrected chi connectivity index (χ1v) is 8.51. The number of nitrogens with one attached hydrogen (secondary N) is 1. The Kier molecular flexibility index (Phi) is 4.64. The van der Waals surface area contributed by atoms with Gasteiger partial charge in [-0.05, 0) is 6.42 Å². The number of carbonyl (C=O) groups is 2. The number of likely N-dealkylation sites (tertiary alicyclic amines) is 1. The summed E-state index contributed by atoms with van der Waals surface area (Å²) in [5.41, 5.74) is 0. The van der Waals surface area contributed by atoms with Gasteiger partial charge in [0.05, 0.1) is 24.0 Å². The smallest absolute Gasteiger partial charge is 0.225 e. The molecule has 7 nitrogen and oxygen atoms in total. The van der Waals surface area contributed by atoms with Crippen LogP contribution in [-0.4, -0.2) is 69.5 Å². The molecule has 2 saturated heterocycles. The van der Waals surface area contributed by atoms with Gasteiger partial charge in [-0.3, -0.25) is 9.59 Å². The molecule has 2 atom stereocenters. The summed E-state index contributed by atoms with van der Waals surface area (Å²) in [4.78, 5) is 25.4. The number of carbonyl (C=O) groups excluding carboxylic acids is 2. The standard InChI is InChI=1S/C12H20N2O5S/c1-19-4-3-13-12(16)9-6-11(15)14(7-9)10-2-5-20(17,18)8-10/h9-10H,2-8H2,1H3,(H,13,16). The second-order valence-corrected chi connectivity index (χ2v) is 7.52. The molecule has 0 saturated carbocycles. The van der Waals surface area contributed by atoms with Crippen molar-refractivity contribution in [1.29, 1.82) is 0 Å². The Morgan fingerprint density at radius 2 is 2.25 bits per heavy atom. The van der Waals surface area contributed by atoms with E-state index >= 15 is 0 Å². The summed E-state index contributed by atoms with van der Waals surface area (Å²) in [6.45, 7) is 1.16. The summed E-state index contributed by atoms with van der Waals surface area (Å²) >= 11 is 0. The Bertz CT molecular complexity index is 490. The van der Waals surface area contributed by atoms with Crippen LogP contribution in [0, 0.1) is 5.92 Å². The molecule has 2 rings (SSSR count). The zero-order valence-corrected chi connectivity index (χ0v) is 12.3. The number of amides is 2. The Balaban J connectivity index is 1.89. The molecule has 2 aliphatic heterocycles. The van der Waals surface area contributed by atoms with Gasteiger partial charge in [0.1, 0.15) is 0 Å². The maximum Gasteiger partial charge on any atom is 0.225 e. The molecule has 0 aromatic rings. The average molecular weight is 304 g/mol. The lowest BCUT2D eigenvalue weighted by Crippen LogP contribution is -2.39. The molecule has 2 heterocycles. The summed E-state index contributed by atoms with van der Waals surface area (Å²) in [5.74, 6) is -0.525. The van der Waals surface area contributed by atoms with Crippen LogP contribution in [0.25, 0.3) is 0 Å². The van der Waals surface area contributed by atoms with Crippen LogP contribution in [0.3, 0.4) is 0 Å². The van der Waals surface area contributed by atoms with Crippen molar-refractivity contribution in [3.05, 3.63) is 0 Å². The van der Waals surface area contributed by atoms with Crippen molar-refractivity contribution in [2.75, 3.05) is 38.3 Å². The fourth-order valence-corrected chi connectivity index (χ4v) is 4.43. The maximum absolute atomic E-state index is 11.9. The van der Waals surface area contributed by atoms with Crippen molar-refractivity contribution < 1.29 is 22.7 Å². The van der Waals surface area contributed by atoms with E-state index in [1.165, 1.54) is 0 Å². The van der Waals surface area contributed by atoms with Gasteiger partial charge in [0.2, 0.25) is 11.8 Å². The van der Waals surface area contributed by atoms with Crippen molar-refractivity contribution in [3.8, 4) is 0 Å². The van der Waals surface area contributed by atoms with Crippen LogP contribution in [0.1, 0.15) is 12.8 Å². The van der Waals surface area contributed by atoms with E-state index in [-0.39, 0.29) is 41.7 Å². The number of methoxy groups -OCH3 is 1. The molecule has 1 N–H and O–H groups in total. The monoisotopic (exact) mass is 304 g/mol. The van der Waals surface area contributed by atoms with Gasteiger partial charge in [-0.25, -0.2) is 8.42 Å². The second kappa shape index (κ2) is 6.09. The number of ether oxygens (including phenoxy) is 1. The van der Waals surface area contributed by atoms with Crippen molar-refractivity contribution in [2.45, 2.75) is 18.9 Å². The molecule has 2 unspecified atom stereocenters. The number of hydrogen-bond acceptors (Lipinski definition) is 5. The Hall–Kier alpha value is -1.15. The molecule has 0 radical (unpaired) electrons. The lowest BCUT2D eigenvalue weighted by molar-refractivity contribution is -0.130. The number of hydrogen-bond donors (Lipinski definition) is 1. The highest BCUT2D eigenvalue weighted by Crippen LogP contribution is 2.26. The van der Waals surface area contributed by atoms with Crippen LogP contribution in [0.5, 0.6) is 0 Å². The van der Waals surface area contributed by atoms with Gasteiger partial charge in [-0.1, -0.05) is 0 Å². The summed E-state index contributed by atoms with van der Waals surface area (Å²) in [6.07, 6.45) is 0.640. The van der Waals surface area contributed by atoms with E-state index in [1.807, 2.05) is 0 Å². The van der Waals surface area contributed by atoms with Gasteiger partial charge < -0.3 is 15.0 Å². The van der Waals surface area contributed by atoms with Crippen molar-refractivity contribution >= 4 is 21.7 Å². The highest BCUT2D eigenvalue weighted by atomic mass is 32.2. The molecular weight excluding hydrogens is 284 g/mol. The van der Waals surface area contributed by atoms with Gasteiger partial charge in [0, 0.05) is 32.7 Å². The highest BCUT2D eigenvalue weighted by molar-refractivity contribution is 7.91. The van der Waals surface area contributed by atoms with Crippen LogP contribution in [0.4, 0.5) is 0 Å². The van der Waals surface area contributed by atoms with Crippen LogP contribution >= 0.6 is 0 Å². The Labute approximate surface area is 118 Å². The molecule has 2 aliphatic rings. The molecule has 0 aliphatic carbocycles. The average Bonchev–Trinajstić information content (AvgIpc) is 2.92. The van der Waals surface area contributed by atoms with Gasteiger partial charge in [-0.2, -0.15) is 0 Å². The molecule has 0 spiro atoms. The predicted octanol–water partition coefficient (Wildman–Crippen LogP) is -1.22. The molecular formula is C12H20N2O5S. The predicted molar refractivity (Wildman–Crippen MR) is 71.8 cm³/mol. The minimum absolute atomic E-state index is 0.0246. The third-order valence-corrected chi connectivity index (χ3v) is 5.53. The normalized spacial score (nSPS) is 28.9. The fraction of sp³-hybridized carbons (Fsp3) is 0.833. The van der Waals surface area contributed by atoms with E-state index in [9.17, 15) is 18.0 Å². The number of rotatable bonds is 5. The lowest BCUT2D eigenvalue weighted by Gasteiger charge is -2.22. The largest absolute Gasteiger partial charge is 0.383 e. The van der Waals surface area contributed by atoms with Crippen LogP contribution in [-0.2, 0) is 24.2 Å². The molecule has 114 valence electrons. The van der Waals surface area contributed by atoms with E-state index in [4.69, 9.17) is 4.74 Å². The van der Waals surface area contributed by atoms with Crippen LogP contribution in [0.2, 0.25) is 0 Å². The SMILES string of the molecule is COCCNC(=O)C1CC(=O)N(C2CCS(=O)(=O)C2)C1. The van der Waals surface area contributed by atoms with E-state index in [0.717, 1.165) is 0 Å². The van der Waals surface area contributed by atoms with Gasteiger partial charge >= 0.3 is 0 Å². The second-order valence-electron chi connectivity index (χ2n) is 5.29. The number of sulfone groups is 1. The van der Waals surface area contributed by atoms with Crippen molar-refractivity contribution in [1.82, 2.24) is 10.2 Å². The summed E-state index contributed by atoms with van der Waals surface area (Å²) < 4.78 is 27.8. The van der Waals surface area contributed by atoms with E-state index in [1.54, 1.807) is 12.0 Å². The van der Waals surface area contributed by atoms with Crippen molar-refractivity contribution in [2.24, 2.45) is 5.92 Å². The zero-order chi connectivity index (χ0) is 14.8. The number of nitrogens with zero attached hydrogens (tertiary/aromatic N) is 1. The minimum atomic E-state index is -3.02. The van der Waals surface area contributed by atoms with E-state index in [0.29, 0.717) is 26.1 Å². The third-order valence-electron chi connectivity index (χ3n) is 3.78. The fourth-order valence-electron chi connectivity index (χ4n) is 2.70. The van der Waals surface area contributed by atoms with Crippen LogP contribution < -0.4 is 5.32 Å². The summed E-state index contributed by atoms with van der Waals surface area (Å²) in [5, 5.41) is 2.71. The third kappa shape index (κ3) is 3.49. The van der Waals surface area contributed by atoms with Crippen molar-refractivity contribution in [3.63, 3.8) is 0 Å². The molecule has 2 amide bonds. The molecule has 2 fully saturated rings. The minimum Gasteiger partial charge on any atom is -0.383 e. The quantitative estimate of drug-likeness (QED) is 0.643. The molecule has 0 aromatic carbocycles. The zero-order valence-electron chi connectivity index (χ0n) is 11.5. The highest BCUT2D eigenvalue weighted by Gasteiger charge is 2.41. The first-order valence-electron chi connectivity index (χ1n) is 6.69. The van der Waals surface area contributed by atoms with Gasteiger partial charge in [0.25, 0.3) is 0 Å². The topological polar surface area (TPSA) is 92.8 Å². The van der Waals surface area contributed by atoms with Crippen LogP contribution in [0.15, 0.2) is 0 Å². The molecule has 20 heavy (non-hydrogen) atoms. The van der Waals surface area contributed by atoms with E-state index < -0.39 is 9.84 Å². The Morgan fingerprint density at radius 3 is 2.85 bits per heavy atom. The molecule has 8 heteroatoms. The Morgan fingerprint density at radius 1 is 1.50 bits per heavy atom. The first kappa shape index (κ1) is 15.2. The lowest BCUT2D eigenvalue weighted by atomic mass is 10.1. The molecule has 0 aromatic heterocycles. The first-order chi connectivity index (χ1) is 9.43. The van der Waals surface area contributed by atoms with Gasteiger partial charge in [-0.15, -0.1) is 0 Å². The van der Waals surface area contributed by atoms with E-state index in [2.05, 4.69) is 5.32 Å². The summed E-state index contributed by atoms with van der Waals surface area (Å²) in [6, 6.07) is -0.260. The summed E-state index contributed by atoms with van der Waals surface area (Å²) in [7, 11) is -1.47. The van der Waals surface area contributed by atoms with Gasteiger partial charge in [0.15, 0.2) is 9.84 Å². The molecule has 0 bridgehead atoms.